The van der Waals surface area contributed by atoms with Crippen molar-refractivity contribution in [2.24, 2.45) is 0 Å². The predicted molar refractivity (Wildman–Crippen MR) is 138 cm³/mol. The molecule has 0 saturated heterocycles. The molecule has 2 heterocycles. The molecular formula is C26H20F2N4O4S. The number of hydrogen-bond acceptors (Lipinski definition) is 6. The number of halogens is 2. The second-order valence-corrected chi connectivity index (χ2v) is 8.87. The average molecular weight is 523 g/mol. The topological polar surface area (TPSA) is 98.2 Å². The normalized spacial score (nSPS) is 11.1. The van der Waals surface area contributed by atoms with Crippen molar-refractivity contribution in [3.05, 3.63) is 82.7 Å². The van der Waals surface area contributed by atoms with Gasteiger partial charge in [0.25, 0.3) is 5.56 Å². The Morgan fingerprint density at radius 2 is 1.84 bits per heavy atom. The van der Waals surface area contributed by atoms with Crippen LogP contribution in [0.15, 0.2) is 70.6 Å². The van der Waals surface area contributed by atoms with Crippen LogP contribution in [0.1, 0.15) is 0 Å². The number of anilines is 1. The minimum Gasteiger partial charge on any atom is -0.493 e. The highest BCUT2D eigenvalue weighted by molar-refractivity contribution is 7.99. The van der Waals surface area contributed by atoms with E-state index in [-0.39, 0.29) is 22.2 Å². The van der Waals surface area contributed by atoms with Gasteiger partial charge in [-0.05, 0) is 30.3 Å². The molecule has 8 nitrogen and oxygen atoms in total. The number of carbonyl (C=O) groups is 1. The summed E-state index contributed by atoms with van der Waals surface area (Å²) in [6.45, 7) is 0. The Labute approximate surface area is 213 Å². The predicted octanol–water partition coefficient (Wildman–Crippen LogP) is 4.89. The number of aromatic amines is 1. The first kappa shape index (κ1) is 24.3. The number of amides is 1. The number of para-hydroxylation sites is 1. The summed E-state index contributed by atoms with van der Waals surface area (Å²) in [6.07, 6.45) is 0. The van der Waals surface area contributed by atoms with Crippen molar-refractivity contribution in [2.75, 3.05) is 25.3 Å². The molecule has 5 aromatic rings. The van der Waals surface area contributed by atoms with Crippen molar-refractivity contribution in [1.82, 2.24) is 14.5 Å². The van der Waals surface area contributed by atoms with Crippen LogP contribution in [0.4, 0.5) is 14.5 Å². The van der Waals surface area contributed by atoms with Crippen LogP contribution in [0.25, 0.3) is 27.6 Å². The van der Waals surface area contributed by atoms with E-state index in [1.165, 1.54) is 18.8 Å². The van der Waals surface area contributed by atoms with E-state index in [9.17, 15) is 18.4 Å². The standard InChI is InChI=1S/C26H20F2N4O4S/c1-35-20-10-8-15(12-21(20)36-2)32-25(34)24-23(16-5-3-4-6-18(16)30-24)31-26(32)37-13-22(33)29-19-9-7-14(27)11-17(19)28/h3-12,30H,13H2,1-2H3,(H,29,33). The maximum absolute atomic E-state index is 14.0. The van der Waals surface area contributed by atoms with Gasteiger partial charge in [0.05, 0.1) is 31.3 Å². The quantitative estimate of drug-likeness (QED) is 0.233. The van der Waals surface area contributed by atoms with Crippen LogP contribution in [-0.2, 0) is 4.79 Å². The van der Waals surface area contributed by atoms with Gasteiger partial charge in [-0.25, -0.2) is 13.8 Å². The molecule has 2 aromatic heterocycles. The molecule has 0 atom stereocenters. The van der Waals surface area contributed by atoms with Crippen LogP contribution < -0.4 is 20.3 Å². The van der Waals surface area contributed by atoms with Crippen LogP contribution in [-0.4, -0.2) is 40.4 Å². The van der Waals surface area contributed by atoms with Gasteiger partial charge in [-0.1, -0.05) is 30.0 Å². The second kappa shape index (κ2) is 9.94. The number of benzene rings is 3. The van der Waals surface area contributed by atoms with E-state index in [0.717, 1.165) is 34.8 Å². The number of ether oxygens (including phenoxy) is 2. The summed E-state index contributed by atoms with van der Waals surface area (Å²) < 4.78 is 39.3. The number of thioether (sulfide) groups is 1. The molecule has 0 aliphatic carbocycles. The Morgan fingerprint density at radius 1 is 1.05 bits per heavy atom. The van der Waals surface area contributed by atoms with Gasteiger partial charge >= 0.3 is 0 Å². The maximum Gasteiger partial charge on any atom is 0.283 e. The third-order valence-electron chi connectivity index (χ3n) is 5.66. The van der Waals surface area contributed by atoms with Crippen LogP contribution in [0.3, 0.4) is 0 Å². The molecule has 0 radical (unpaired) electrons. The SMILES string of the molecule is COc1ccc(-n2c(SCC(=O)Nc3ccc(F)cc3F)nc3c([nH]c4ccccc43)c2=O)cc1OC. The molecule has 188 valence electrons. The molecule has 0 spiro atoms. The fraction of sp³-hybridized carbons (Fsp3) is 0.115. The molecule has 2 N–H and O–H groups in total. The van der Waals surface area contributed by atoms with E-state index >= 15 is 0 Å². The van der Waals surface area contributed by atoms with Crippen LogP contribution >= 0.6 is 11.8 Å². The first-order chi connectivity index (χ1) is 17.9. The fourth-order valence-corrected chi connectivity index (χ4v) is 4.74. The Hall–Kier alpha value is -4.38. The van der Waals surface area contributed by atoms with E-state index in [4.69, 9.17) is 14.5 Å². The highest BCUT2D eigenvalue weighted by Crippen LogP contribution is 2.31. The van der Waals surface area contributed by atoms with Crippen molar-refractivity contribution >= 4 is 45.3 Å². The number of nitrogens with zero attached hydrogens (tertiary/aromatic N) is 2. The molecular weight excluding hydrogens is 502 g/mol. The van der Waals surface area contributed by atoms with Gasteiger partial charge in [0.2, 0.25) is 5.91 Å². The second-order valence-electron chi connectivity index (χ2n) is 7.93. The molecule has 0 aliphatic rings. The third-order valence-corrected chi connectivity index (χ3v) is 6.60. The van der Waals surface area contributed by atoms with Crippen molar-refractivity contribution < 1.29 is 23.0 Å². The number of carbonyl (C=O) groups excluding carboxylic acids is 1. The lowest BCUT2D eigenvalue weighted by molar-refractivity contribution is -0.113. The lowest BCUT2D eigenvalue weighted by Crippen LogP contribution is -2.23. The molecule has 37 heavy (non-hydrogen) atoms. The van der Waals surface area contributed by atoms with Crippen LogP contribution in [0.5, 0.6) is 11.5 Å². The van der Waals surface area contributed by atoms with Gasteiger partial charge in [-0.3, -0.25) is 14.2 Å². The van der Waals surface area contributed by atoms with Crippen LogP contribution in [0.2, 0.25) is 0 Å². The number of fused-ring (bicyclic) bond motifs is 3. The van der Waals surface area contributed by atoms with E-state index < -0.39 is 17.5 Å². The van der Waals surface area contributed by atoms with Gasteiger partial charge in [0.1, 0.15) is 22.7 Å². The maximum atomic E-state index is 14.0. The van der Waals surface area contributed by atoms with Gasteiger partial charge in [-0.2, -0.15) is 0 Å². The Morgan fingerprint density at radius 3 is 2.59 bits per heavy atom. The van der Waals surface area contributed by atoms with Gasteiger partial charge in [0, 0.05) is 23.0 Å². The highest BCUT2D eigenvalue weighted by Gasteiger charge is 2.19. The number of H-pyrrole nitrogens is 1. The third kappa shape index (κ3) is 4.60. The molecule has 5 rings (SSSR count). The Bertz CT molecular complexity index is 1720. The average Bonchev–Trinajstić information content (AvgIpc) is 3.28. The lowest BCUT2D eigenvalue weighted by Gasteiger charge is -2.14. The highest BCUT2D eigenvalue weighted by atomic mass is 32.2. The summed E-state index contributed by atoms with van der Waals surface area (Å²) in [6, 6.07) is 15.2. The smallest absolute Gasteiger partial charge is 0.283 e. The van der Waals surface area contributed by atoms with Crippen LogP contribution in [0, 0.1) is 11.6 Å². The number of hydrogen-bond donors (Lipinski definition) is 2. The molecule has 0 unspecified atom stereocenters. The molecule has 11 heteroatoms. The molecule has 0 bridgehead atoms. The Kier molecular flexibility index (Phi) is 6.53. The molecule has 0 aliphatic heterocycles. The summed E-state index contributed by atoms with van der Waals surface area (Å²) in [5.41, 5.74) is 1.43. The van der Waals surface area contributed by atoms with Gasteiger partial charge in [0.15, 0.2) is 16.7 Å². The zero-order valence-electron chi connectivity index (χ0n) is 19.7. The van der Waals surface area contributed by atoms with Crippen molar-refractivity contribution in [3.8, 4) is 17.2 Å². The monoisotopic (exact) mass is 522 g/mol. The number of aromatic nitrogens is 3. The molecule has 3 aromatic carbocycles. The summed E-state index contributed by atoms with van der Waals surface area (Å²) in [5.74, 6) is -1.50. The summed E-state index contributed by atoms with van der Waals surface area (Å²) >= 11 is 1.000. The van der Waals surface area contributed by atoms with E-state index in [1.807, 2.05) is 24.3 Å². The lowest BCUT2D eigenvalue weighted by atomic mass is 10.2. The fourth-order valence-electron chi connectivity index (χ4n) is 3.94. The molecule has 1 amide bonds. The van der Waals surface area contributed by atoms with E-state index in [2.05, 4.69) is 10.3 Å². The van der Waals surface area contributed by atoms with Crippen molar-refractivity contribution in [3.63, 3.8) is 0 Å². The first-order valence-corrected chi connectivity index (χ1v) is 12.0. The van der Waals surface area contributed by atoms with E-state index in [1.54, 1.807) is 18.2 Å². The largest absolute Gasteiger partial charge is 0.493 e. The number of nitrogens with one attached hydrogen (secondary N) is 2. The Balaban J connectivity index is 1.58. The molecule has 0 fully saturated rings. The number of rotatable bonds is 7. The number of methoxy groups -OCH3 is 2. The first-order valence-electron chi connectivity index (χ1n) is 11.0. The van der Waals surface area contributed by atoms with Crippen molar-refractivity contribution in [2.45, 2.75) is 5.16 Å². The zero-order chi connectivity index (χ0) is 26.1. The van der Waals surface area contributed by atoms with Crippen molar-refractivity contribution in [1.29, 1.82) is 0 Å². The molecule has 0 saturated carbocycles. The van der Waals surface area contributed by atoms with Gasteiger partial charge < -0.3 is 19.8 Å². The van der Waals surface area contributed by atoms with Gasteiger partial charge in [-0.15, -0.1) is 0 Å². The zero-order valence-corrected chi connectivity index (χ0v) is 20.5. The summed E-state index contributed by atoms with van der Waals surface area (Å²) in [5, 5.41) is 3.42. The summed E-state index contributed by atoms with van der Waals surface area (Å²) in [7, 11) is 2.99. The minimum absolute atomic E-state index is 0.149. The van der Waals surface area contributed by atoms with E-state index in [0.29, 0.717) is 34.3 Å². The minimum atomic E-state index is -0.890. The summed E-state index contributed by atoms with van der Waals surface area (Å²) in [4.78, 5) is 34.2.